The lowest BCUT2D eigenvalue weighted by atomic mass is 10.2. The van der Waals surface area contributed by atoms with Crippen LogP contribution < -0.4 is 5.32 Å². The molecule has 0 aliphatic carbocycles. The highest BCUT2D eigenvalue weighted by molar-refractivity contribution is 7.99. The number of hydrogen-bond acceptors (Lipinski definition) is 4. The van der Waals surface area contributed by atoms with Gasteiger partial charge in [-0.3, -0.25) is 9.36 Å². The molecule has 1 heterocycles. The fourth-order valence-corrected chi connectivity index (χ4v) is 3.48. The topological polar surface area (TPSA) is 59.8 Å². The average Bonchev–Trinajstić information content (AvgIpc) is 3.07. The summed E-state index contributed by atoms with van der Waals surface area (Å²) in [5, 5.41) is 12.6. The van der Waals surface area contributed by atoms with Gasteiger partial charge >= 0.3 is 0 Å². The minimum absolute atomic E-state index is 0.154. The van der Waals surface area contributed by atoms with E-state index in [1.807, 2.05) is 22.8 Å². The highest BCUT2D eigenvalue weighted by atomic mass is 35.5. The third-order valence-corrected chi connectivity index (χ3v) is 5.07. The van der Waals surface area contributed by atoms with Crippen LogP contribution in [0.15, 0.2) is 53.7 Å². The van der Waals surface area contributed by atoms with Crippen LogP contribution in [0.5, 0.6) is 0 Å². The summed E-state index contributed by atoms with van der Waals surface area (Å²) in [6.07, 6.45) is 0.999. The van der Waals surface area contributed by atoms with E-state index in [-0.39, 0.29) is 18.0 Å². The second-order valence-electron chi connectivity index (χ2n) is 5.76. The van der Waals surface area contributed by atoms with Gasteiger partial charge in [-0.1, -0.05) is 42.4 Å². The van der Waals surface area contributed by atoms with Crippen LogP contribution in [0.4, 0.5) is 4.39 Å². The van der Waals surface area contributed by atoms with Gasteiger partial charge in [0, 0.05) is 16.3 Å². The molecule has 3 rings (SSSR count). The van der Waals surface area contributed by atoms with E-state index in [0.717, 1.165) is 23.0 Å². The van der Waals surface area contributed by atoms with Gasteiger partial charge in [0.2, 0.25) is 0 Å². The molecule has 0 unspecified atom stereocenters. The molecule has 0 atom stereocenters. The standard InChI is InChI=1S/C19H18ClFN4OS/c1-2-9-27-19-24-23-17(25(19)16-8-4-6-14(20)11-16)12-22-18(26)13-5-3-7-15(21)10-13/h3-8,10-11H,2,9,12H2,1H3,(H,22,26). The van der Waals surface area contributed by atoms with Gasteiger partial charge in [0.1, 0.15) is 5.82 Å². The highest BCUT2D eigenvalue weighted by Crippen LogP contribution is 2.24. The van der Waals surface area contributed by atoms with Crippen molar-refractivity contribution >= 4 is 29.3 Å². The molecular weight excluding hydrogens is 387 g/mol. The molecule has 0 spiro atoms. The number of halogens is 2. The van der Waals surface area contributed by atoms with Gasteiger partial charge in [0.25, 0.3) is 5.91 Å². The molecule has 27 heavy (non-hydrogen) atoms. The minimum atomic E-state index is -0.456. The van der Waals surface area contributed by atoms with E-state index in [2.05, 4.69) is 22.4 Å². The Labute approximate surface area is 166 Å². The summed E-state index contributed by atoms with van der Waals surface area (Å²) < 4.78 is 15.2. The summed E-state index contributed by atoms with van der Waals surface area (Å²) >= 11 is 7.71. The summed E-state index contributed by atoms with van der Waals surface area (Å²) in [5.74, 6) is 0.635. The Balaban J connectivity index is 1.84. The maximum Gasteiger partial charge on any atom is 0.251 e. The molecule has 2 aromatic carbocycles. The van der Waals surface area contributed by atoms with Crippen LogP contribution in [0, 0.1) is 5.82 Å². The van der Waals surface area contributed by atoms with E-state index < -0.39 is 5.82 Å². The third-order valence-electron chi connectivity index (χ3n) is 3.70. The number of thioether (sulfide) groups is 1. The van der Waals surface area contributed by atoms with Crippen molar-refractivity contribution in [2.75, 3.05) is 5.75 Å². The molecular formula is C19H18ClFN4OS. The molecule has 140 valence electrons. The first-order valence-electron chi connectivity index (χ1n) is 8.45. The van der Waals surface area contributed by atoms with E-state index >= 15 is 0 Å². The van der Waals surface area contributed by atoms with Gasteiger partial charge < -0.3 is 5.32 Å². The fraction of sp³-hybridized carbons (Fsp3) is 0.211. The maximum absolute atomic E-state index is 13.3. The second kappa shape index (κ2) is 9.01. The molecule has 3 aromatic rings. The van der Waals surface area contributed by atoms with E-state index in [4.69, 9.17) is 11.6 Å². The normalized spacial score (nSPS) is 10.8. The van der Waals surface area contributed by atoms with Crippen LogP contribution in [0.2, 0.25) is 5.02 Å². The Morgan fingerprint density at radius 3 is 2.78 bits per heavy atom. The van der Waals surface area contributed by atoms with Crippen molar-refractivity contribution in [1.29, 1.82) is 0 Å². The molecule has 8 heteroatoms. The smallest absolute Gasteiger partial charge is 0.251 e. The Morgan fingerprint density at radius 2 is 2.04 bits per heavy atom. The third kappa shape index (κ3) is 4.87. The molecule has 0 fully saturated rings. The van der Waals surface area contributed by atoms with Gasteiger partial charge in [0.05, 0.1) is 12.2 Å². The van der Waals surface area contributed by atoms with Gasteiger partial charge in [-0.05, 0) is 42.8 Å². The molecule has 1 N–H and O–H groups in total. The molecule has 5 nitrogen and oxygen atoms in total. The zero-order valence-corrected chi connectivity index (χ0v) is 16.2. The maximum atomic E-state index is 13.3. The Bertz CT molecular complexity index is 947. The predicted octanol–water partition coefficient (Wildman–Crippen LogP) is 4.49. The van der Waals surface area contributed by atoms with E-state index in [0.29, 0.717) is 10.8 Å². The van der Waals surface area contributed by atoms with Crippen molar-refractivity contribution in [1.82, 2.24) is 20.1 Å². The Hall–Kier alpha value is -2.38. The zero-order valence-electron chi connectivity index (χ0n) is 14.7. The monoisotopic (exact) mass is 404 g/mol. The minimum Gasteiger partial charge on any atom is -0.345 e. The van der Waals surface area contributed by atoms with Crippen LogP contribution in [0.1, 0.15) is 29.5 Å². The van der Waals surface area contributed by atoms with E-state index in [9.17, 15) is 9.18 Å². The number of nitrogens with one attached hydrogen (secondary N) is 1. The lowest BCUT2D eigenvalue weighted by molar-refractivity contribution is 0.0949. The fourth-order valence-electron chi connectivity index (χ4n) is 2.47. The van der Waals surface area contributed by atoms with Crippen molar-refractivity contribution in [2.45, 2.75) is 25.0 Å². The summed E-state index contributed by atoms with van der Waals surface area (Å²) in [4.78, 5) is 12.3. The number of hydrogen-bond donors (Lipinski definition) is 1. The zero-order chi connectivity index (χ0) is 19.2. The summed E-state index contributed by atoms with van der Waals surface area (Å²) in [6.45, 7) is 2.24. The summed E-state index contributed by atoms with van der Waals surface area (Å²) in [5.41, 5.74) is 1.07. The Morgan fingerprint density at radius 1 is 1.22 bits per heavy atom. The number of carbonyl (C=O) groups excluding carboxylic acids is 1. The molecule has 0 aliphatic rings. The largest absolute Gasteiger partial charge is 0.345 e. The lowest BCUT2D eigenvalue weighted by Crippen LogP contribution is -2.24. The number of amides is 1. The van der Waals surface area contributed by atoms with Crippen molar-refractivity contribution < 1.29 is 9.18 Å². The van der Waals surface area contributed by atoms with Crippen LogP contribution >= 0.6 is 23.4 Å². The SMILES string of the molecule is CCCSc1nnc(CNC(=O)c2cccc(F)c2)n1-c1cccc(Cl)c1. The van der Waals surface area contributed by atoms with E-state index in [1.54, 1.807) is 23.9 Å². The molecule has 0 saturated heterocycles. The van der Waals surface area contributed by atoms with Crippen LogP contribution in [0.3, 0.4) is 0 Å². The number of benzene rings is 2. The molecule has 0 saturated carbocycles. The Kier molecular flexibility index (Phi) is 6.47. The number of aromatic nitrogens is 3. The van der Waals surface area contributed by atoms with Crippen molar-refractivity contribution in [2.24, 2.45) is 0 Å². The first-order valence-corrected chi connectivity index (χ1v) is 9.81. The number of nitrogens with zero attached hydrogens (tertiary/aromatic N) is 3. The van der Waals surface area contributed by atoms with Gasteiger partial charge in [-0.25, -0.2) is 4.39 Å². The molecule has 0 aliphatic heterocycles. The van der Waals surface area contributed by atoms with Crippen LogP contribution in [0.25, 0.3) is 5.69 Å². The first kappa shape index (κ1) is 19.4. The molecule has 0 radical (unpaired) electrons. The molecule has 0 bridgehead atoms. The number of rotatable bonds is 7. The summed E-state index contributed by atoms with van der Waals surface area (Å²) in [6, 6.07) is 12.9. The van der Waals surface area contributed by atoms with Crippen molar-refractivity contribution in [3.8, 4) is 5.69 Å². The number of carbonyl (C=O) groups is 1. The van der Waals surface area contributed by atoms with Gasteiger partial charge in [0.15, 0.2) is 11.0 Å². The first-order chi connectivity index (χ1) is 13.1. The van der Waals surface area contributed by atoms with Gasteiger partial charge in [-0.15, -0.1) is 10.2 Å². The highest BCUT2D eigenvalue weighted by Gasteiger charge is 2.16. The van der Waals surface area contributed by atoms with Crippen molar-refractivity contribution in [3.05, 3.63) is 70.8 Å². The second-order valence-corrected chi connectivity index (χ2v) is 7.25. The lowest BCUT2D eigenvalue weighted by Gasteiger charge is -2.11. The molecule has 1 aromatic heterocycles. The average molecular weight is 405 g/mol. The van der Waals surface area contributed by atoms with Crippen LogP contribution in [-0.2, 0) is 6.54 Å². The molecule has 1 amide bonds. The van der Waals surface area contributed by atoms with Gasteiger partial charge in [-0.2, -0.15) is 0 Å². The summed E-state index contributed by atoms with van der Waals surface area (Å²) in [7, 11) is 0. The quantitative estimate of drug-likeness (QED) is 0.589. The van der Waals surface area contributed by atoms with E-state index in [1.165, 1.54) is 18.2 Å². The predicted molar refractivity (Wildman–Crippen MR) is 105 cm³/mol. The van der Waals surface area contributed by atoms with Crippen molar-refractivity contribution in [3.63, 3.8) is 0 Å². The van der Waals surface area contributed by atoms with Crippen LogP contribution in [-0.4, -0.2) is 26.4 Å².